The summed E-state index contributed by atoms with van der Waals surface area (Å²) in [6, 6.07) is 17.8. The van der Waals surface area contributed by atoms with Crippen LogP contribution in [0.15, 0.2) is 58.3 Å². The largest absolute Gasteiger partial charge is 0.377 e. The van der Waals surface area contributed by atoms with E-state index in [1.165, 1.54) is 21.0 Å². The molecule has 18 heavy (non-hydrogen) atoms. The predicted molar refractivity (Wildman–Crippen MR) is 81.8 cm³/mol. The van der Waals surface area contributed by atoms with E-state index < -0.39 is 0 Å². The Morgan fingerprint density at radius 3 is 2.67 bits per heavy atom. The molecule has 1 aliphatic rings. The standard InChI is InChI=1S/C15H15NS2/c1-17-12-8-6-11(7-9-12)16-14-10-18-15-5-3-2-4-13(14)15/h2-9,14,16H,10H2,1H3. The van der Waals surface area contributed by atoms with Gasteiger partial charge in [-0.3, -0.25) is 0 Å². The van der Waals surface area contributed by atoms with Crippen LogP contribution in [0.4, 0.5) is 5.69 Å². The lowest BCUT2D eigenvalue weighted by atomic mass is 10.1. The zero-order valence-corrected chi connectivity index (χ0v) is 11.9. The van der Waals surface area contributed by atoms with E-state index in [1.54, 1.807) is 11.8 Å². The van der Waals surface area contributed by atoms with Crippen LogP contribution < -0.4 is 5.32 Å². The normalized spacial score (nSPS) is 17.5. The van der Waals surface area contributed by atoms with Crippen molar-refractivity contribution < 1.29 is 0 Å². The number of fused-ring (bicyclic) bond motifs is 1. The Balaban J connectivity index is 1.77. The third-order valence-electron chi connectivity index (χ3n) is 3.13. The maximum Gasteiger partial charge on any atom is 0.0618 e. The second-order valence-electron chi connectivity index (χ2n) is 4.27. The van der Waals surface area contributed by atoms with Gasteiger partial charge in [-0.2, -0.15) is 0 Å². The molecule has 0 amide bonds. The van der Waals surface area contributed by atoms with Crippen molar-refractivity contribution >= 4 is 29.2 Å². The van der Waals surface area contributed by atoms with Gasteiger partial charge in [0.2, 0.25) is 0 Å². The van der Waals surface area contributed by atoms with E-state index in [-0.39, 0.29) is 0 Å². The molecule has 0 saturated heterocycles. The molecule has 1 heterocycles. The number of thioether (sulfide) groups is 2. The molecule has 1 N–H and O–H groups in total. The van der Waals surface area contributed by atoms with E-state index in [9.17, 15) is 0 Å². The van der Waals surface area contributed by atoms with Gasteiger partial charge in [0, 0.05) is 21.2 Å². The van der Waals surface area contributed by atoms with E-state index in [0.29, 0.717) is 6.04 Å². The van der Waals surface area contributed by atoms with Crippen molar-refractivity contribution in [3.8, 4) is 0 Å². The summed E-state index contributed by atoms with van der Waals surface area (Å²) in [6.07, 6.45) is 2.10. The first-order valence-electron chi connectivity index (χ1n) is 5.99. The lowest BCUT2D eigenvalue weighted by Crippen LogP contribution is -2.09. The molecule has 2 aromatic carbocycles. The number of anilines is 1. The molecule has 0 radical (unpaired) electrons. The van der Waals surface area contributed by atoms with Crippen LogP contribution in [0.5, 0.6) is 0 Å². The second kappa shape index (κ2) is 5.29. The molecule has 0 spiro atoms. The summed E-state index contributed by atoms with van der Waals surface area (Å²) >= 11 is 3.71. The van der Waals surface area contributed by atoms with Crippen LogP contribution in [0.3, 0.4) is 0 Å². The summed E-state index contributed by atoms with van der Waals surface area (Å²) in [6.45, 7) is 0. The lowest BCUT2D eigenvalue weighted by Gasteiger charge is -2.15. The van der Waals surface area contributed by atoms with Crippen molar-refractivity contribution in [2.45, 2.75) is 15.8 Å². The van der Waals surface area contributed by atoms with Crippen molar-refractivity contribution in [3.63, 3.8) is 0 Å². The van der Waals surface area contributed by atoms with Crippen LogP contribution in [0.2, 0.25) is 0 Å². The molecular formula is C15H15NS2. The zero-order chi connectivity index (χ0) is 12.4. The zero-order valence-electron chi connectivity index (χ0n) is 10.2. The van der Waals surface area contributed by atoms with Crippen molar-refractivity contribution in [2.75, 3.05) is 17.3 Å². The fourth-order valence-electron chi connectivity index (χ4n) is 2.17. The van der Waals surface area contributed by atoms with Crippen LogP contribution in [-0.4, -0.2) is 12.0 Å². The topological polar surface area (TPSA) is 12.0 Å². The van der Waals surface area contributed by atoms with E-state index in [4.69, 9.17) is 0 Å². The van der Waals surface area contributed by atoms with Gasteiger partial charge in [0.15, 0.2) is 0 Å². The molecule has 3 rings (SSSR count). The molecular weight excluding hydrogens is 258 g/mol. The Labute approximate surface area is 116 Å². The Bertz CT molecular complexity index is 536. The highest BCUT2D eigenvalue weighted by Crippen LogP contribution is 2.39. The first-order valence-corrected chi connectivity index (χ1v) is 8.20. The van der Waals surface area contributed by atoms with Gasteiger partial charge < -0.3 is 5.32 Å². The molecule has 1 nitrogen and oxygen atoms in total. The van der Waals surface area contributed by atoms with Crippen molar-refractivity contribution in [1.82, 2.24) is 0 Å². The van der Waals surface area contributed by atoms with Crippen molar-refractivity contribution in [2.24, 2.45) is 0 Å². The van der Waals surface area contributed by atoms with Crippen LogP contribution in [0, 0.1) is 0 Å². The van der Waals surface area contributed by atoms with E-state index in [1.807, 2.05) is 11.8 Å². The number of hydrogen-bond acceptors (Lipinski definition) is 3. The number of rotatable bonds is 3. The number of hydrogen-bond donors (Lipinski definition) is 1. The monoisotopic (exact) mass is 273 g/mol. The van der Waals surface area contributed by atoms with E-state index in [2.05, 4.69) is 60.1 Å². The maximum absolute atomic E-state index is 3.62. The van der Waals surface area contributed by atoms with Crippen LogP contribution in [0.1, 0.15) is 11.6 Å². The number of nitrogens with one attached hydrogen (secondary N) is 1. The highest BCUT2D eigenvalue weighted by Gasteiger charge is 2.22. The fourth-order valence-corrected chi connectivity index (χ4v) is 3.74. The third-order valence-corrected chi connectivity index (χ3v) is 5.06. The van der Waals surface area contributed by atoms with Gasteiger partial charge in [0.1, 0.15) is 0 Å². The van der Waals surface area contributed by atoms with Crippen LogP contribution >= 0.6 is 23.5 Å². The summed E-state index contributed by atoms with van der Waals surface area (Å²) in [5.41, 5.74) is 2.63. The Morgan fingerprint density at radius 1 is 1.11 bits per heavy atom. The molecule has 0 aromatic heterocycles. The predicted octanol–water partition coefficient (Wildman–Crippen LogP) is 4.67. The molecule has 0 aliphatic carbocycles. The molecule has 3 heteroatoms. The lowest BCUT2D eigenvalue weighted by molar-refractivity contribution is 0.900. The molecule has 1 unspecified atom stereocenters. The molecule has 0 bridgehead atoms. The molecule has 1 atom stereocenters. The number of benzene rings is 2. The summed E-state index contributed by atoms with van der Waals surface area (Å²) in [5, 5.41) is 3.62. The molecule has 0 saturated carbocycles. The van der Waals surface area contributed by atoms with Crippen molar-refractivity contribution in [3.05, 3.63) is 54.1 Å². The van der Waals surface area contributed by atoms with Gasteiger partial charge >= 0.3 is 0 Å². The molecule has 1 aliphatic heterocycles. The first kappa shape index (κ1) is 12.0. The summed E-state index contributed by atoms with van der Waals surface area (Å²) < 4.78 is 0. The SMILES string of the molecule is CSc1ccc(NC2CSc3ccccc32)cc1. The third kappa shape index (κ3) is 2.38. The second-order valence-corrected chi connectivity index (χ2v) is 6.22. The van der Waals surface area contributed by atoms with Gasteiger partial charge in [-0.15, -0.1) is 23.5 Å². The van der Waals surface area contributed by atoms with Crippen molar-refractivity contribution in [1.29, 1.82) is 0 Å². The minimum atomic E-state index is 0.436. The van der Waals surface area contributed by atoms with Gasteiger partial charge in [-0.25, -0.2) is 0 Å². The van der Waals surface area contributed by atoms with E-state index in [0.717, 1.165) is 5.75 Å². The molecule has 0 fully saturated rings. The quantitative estimate of drug-likeness (QED) is 0.816. The first-order chi connectivity index (χ1) is 8.86. The Morgan fingerprint density at radius 2 is 1.89 bits per heavy atom. The minimum Gasteiger partial charge on any atom is -0.377 e. The molecule has 92 valence electrons. The summed E-state index contributed by atoms with van der Waals surface area (Å²) in [4.78, 5) is 2.72. The average Bonchev–Trinajstić information content (AvgIpc) is 2.83. The highest BCUT2D eigenvalue weighted by molar-refractivity contribution is 7.99. The summed E-state index contributed by atoms with van der Waals surface area (Å²) in [5.74, 6) is 1.11. The Hall–Kier alpha value is -1.06. The fraction of sp³-hybridized carbons (Fsp3) is 0.200. The van der Waals surface area contributed by atoms with Gasteiger partial charge in [0.25, 0.3) is 0 Å². The highest BCUT2D eigenvalue weighted by atomic mass is 32.2. The van der Waals surface area contributed by atoms with Gasteiger partial charge in [0.05, 0.1) is 6.04 Å². The maximum atomic E-state index is 3.62. The van der Waals surface area contributed by atoms with Gasteiger partial charge in [-0.05, 0) is 42.2 Å². The Kier molecular flexibility index (Phi) is 3.52. The smallest absolute Gasteiger partial charge is 0.0618 e. The molecule has 2 aromatic rings. The average molecular weight is 273 g/mol. The van der Waals surface area contributed by atoms with E-state index >= 15 is 0 Å². The van der Waals surface area contributed by atoms with Gasteiger partial charge in [-0.1, -0.05) is 18.2 Å². The minimum absolute atomic E-state index is 0.436. The summed E-state index contributed by atoms with van der Waals surface area (Å²) in [7, 11) is 0. The van der Waals surface area contributed by atoms with Crippen LogP contribution in [-0.2, 0) is 0 Å². The van der Waals surface area contributed by atoms with Crippen LogP contribution in [0.25, 0.3) is 0 Å².